The second-order valence-corrected chi connectivity index (χ2v) is 7.77. The van der Waals surface area contributed by atoms with Gasteiger partial charge in [0.2, 0.25) is 0 Å². The van der Waals surface area contributed by atoms with Crippen LogP contribution in [-0.2, 0) is 17.8 Å². The largest absolute Gasteiger partial charge is 0.480 e. The van der Waals surface area contributed by atoms with Gasteiger partial charge in [-0.3, -0.25) is 10.1 Å². The van der Waals surface area contributed by atoms with Crippen LogP contribution in [0.2, 0.25) is 0 Å². The van der Waals surface area contributed by atoms with Gasteiger partial charge in [-0.1, -0.05) is 36.4 Å². The van der Waals surface area contributed by atoms with Gasteiger partial charge >= 0.3 is 5.97 Å². The molecule has 0 saturated heterocycles. The van der Waals surface area contributed by atoms with Crippen molar-refractivity contribution < 1.29 is 14.3 Å². The zero-order valence-electron chi connectivity index (χ0n) is 17.4. The number of para-hydroxylation sites is 2. The van der Waals surface area contributed by atoms with Crippen molar-refractivity contribution in [3.05, 3.63) is 72.1 Å². The highest BCUT2D eigenvalue weighted by Gasteiger charge is 2.39. The summed E-state index contributed by atoms with van der Waals surface area (Å²) in [6.07, 6.45) is 2.26. The zero-order chi connectivity index (χ0) is 20.4. The highest BCUT2D eigenvalue weighted by atomic mass is 35.5. The molecule has 6 nitrogen and oxygen atoms in total. The van der Waals surface area contributed by atoms with Crippen LogP contribution in [0.5, 0.6) is 0 Å². The van der Waals surface area contributed by atoms with E-state index in [9.17, 15) is 9.90 Å². The lowest BCUT2D eigenvalue weighted by Crippen LogP contribution is -2.59. The number of H-pyrrole nitrogens is 1. The molecule has 0 spiro atoms. The molecular weight excluding hydrogens is 437 g/mol. The third-order valence-electron chi connectivity index (χ3n) is 5.24. The Bertz CT molecular complexity index is 1120. The Morgan fingerprint density at radius 3 is 2.55 bits per heavy atom. The lowest BCUT2D eigenvalue weighted by molar-refractivity contribution is -0.145. The standard InChI is InChI=1S/C23H25N3O3.2ClH/c1-26(2)15-23(22(27)28,12-17-13-24-20-9-5-4-8-19(17)20)25-14-18-11-16-7-3-6-10-21(16)29-18;;/h3-11,13,24-25H,12,14-15H2,1-2H3,(H,27,28);2*1H/t23-;;/m0../s1. The molecule has 0 amide bonds. The van der Waals surface area contributed by atoms with Crippen LogP contribution in [0.25, 0.3) is 21.9 Å². The summed E-state index contributed by atoms with van der Waals surface area (Å²) in [6.45, 7) is 0.680. The van der Waals surface area contributed by atoms with Crippen molar-refractivity contribution in [3.8, 4) is 0 Å². The van der Waals surface area contributed by atoms with Gasteiger partial charge in [0.05, 0.1) is 6.54 Å². The smallest absolute Gasteiger partial charge is 0.325 e. The van der Waals surface area contributed by atoms with E-state index in [0.29, 0.717) is 19.5 Å². The molecule has 0 aliphatic rings. The predicted molar refractivity (Wildman–Crippen MR) is 128 cm³/mol. The minimum atomic E-state index is -1.16. The van der Waals surface area contributed by atoms with Crippen LogP contribution in [0, 0.1) is 0 Å². The second-order valence-electron chi connectivity index (χ2n) is 7.77. The van der Waals surface area contributed by atoms with Crippen molar-refractivity contribution in [3.63, 3.8) is 0 Å². The molecule has 31 heavy (non-hydrogen) atoms. The normalized spacial score (nSPS) is 13.0. The summed E-state index contributed by atoms with van der Waals surface area (Å²) in [7, 11) is 3.77. The number of rotatable bonds is 8. The van der Waals surface area contributed by atoms with E-state index in [2.05, 4.69) is 10.3 Å². The average molecular weight is 464 g/mol. The number of carbonyl (C=O) groups is 1. The third kappa shape index (κ3) is 5.22. The molecule has 4 aromatic rings. The molecule has 2 aromatic heterocycles. The molecule has 0 saturated carbocycles. The Morgan fingerprint density at radius 2 is 1.84 bits per heavy atom. The van der Waals surface area contributed by atoms with E-state index in [-0.39, 0.29) is 24.8 Å². The van der Waals surface area contributed by atoms with Crippen LogP contribution in [0.4, 0.5) is 0 Å². The third-order valence-corrected chi connectivity index (χ3v) is 5.24. The number of likely N-dealkylation sites (N-methyl/N-ethyl adjacent to an activating group) is 1. The van der Waals surface area contributed by atoms with Crippen LogP contribution in [0.3, 0.4) is 0 Å². The second kappa shape index (κ2) is 10.2. The van der Waals surface area contributed by atoms with Crippen molar-refractivity contribution in [1.29, 1.82) is 0 Å². The van der Waals surface area contributed by atoms with Crippen LogP contribution >= 0.6 is 24.8 Å². The van der Waals surface area contributed by atoms with Crippen molar-refractivity contribution in [1.82, 2.24) is 15.2 Å². The molecule has 0 radical (unpaired) electrons. The number of nitrogens with zero attached hydrogens (tertiary/aromatic N) is 1. The fourth-order valence-electron chi connectivity index (χ4n) is 3.92. The topological polar surface area (TPSA) is 81.5 Å². The molecule has 1 atom stereocenters. The molecule has 4 rings (SSSR count). The van der Waals surface area contributed by atoms with Crippen LogP contribution in [0.1, 0.15) is 11.3 Å². The first-order valence-electron chi connectivity index (χ1n) is 9.62. The number of fused-ring (bicyclic) bond motifs is 2. The van der Waals surface area contributed by atoms with Crippen molar-refractivity contribution in [2.75, 3.05) is 20.6 Å². The van der Waals surface area contributed by atoms with E-state index in [1.807, 2.05) is 79.8 Å². The molecule has 3 N–H and O–H groups in total. The number of aromatic nitrogens is 1. The zero-order valence-corrected chi connectivity index (χ0v) is 19.1. The van der Waals surface area contributed by atoms with E-state index in [1.54, 1.807) is 0 Å². The summed E-state index contributed by atoms with van der Waals surface area (Å²) in [5, 5.41) is 15.6. The van der Waals surface area contributed by atoms with Crippen molar-refractivity contribution in [2.45, 2.75) is 18.5 Å². The molecule has 0 aliphatic carbocycles. The lowest BCUT2D eigenvalue weighted by atomic mass is 9.89. The Balaban J connectivity index is 0.00000171. The number of hydrogen-bond donors (Lipinski definition) is 3. The summed E-state index contributed by atoms with van der Waals surface area (Å²) in [5.41, 5.74) is 1.62. The molecule has 8 heteroatoms. The molecule has 2 heterocycles. The fourth-order valence-corrected chi connectivity index (χ4v) is 3.92. The maximum absolute atomic E-state index is 12.5. The molecule has 0 fully saturated rings. The summed E-state index contributed by atoms with van der Waals surface area (Å²) in [6, 6.07) is 17.7. The minimum Gasteiger partial charge on any atom is -0.480 e. The molecular formula is C23H27Cl2N3O3. The number of aromatic amines is 1. The molecule has 0 aliphatic heterocycles. The van der Waals surface area contributed by atoms with Gasteiger partial charge in [-0.25, -0.2) is 0 Å². The van der Waals surface area contributed by atoms with Gasteiger partial charge in [0.1, 0.15) is 16.9 Å². The van der Waals surface area contributed by atoms with E-state index >= 15 is 0 Å². The number of benzene rings is 2. The predicted octanol–water partition coefficient (Wildman–Crippen LogP) is 4.48. The van der Waals surface area contributed by atoms with E-state index in [1.165, 1.54) is 0 Å². The molecule has 0 unspecified atom stereocenters. The van der Waals surface area contributed by atoms with Gasteiger partial charge < -0.3 is 19.4 Å². The van der Waals surface area contributed by atoms with E-state index < -0.39 is 11.5 Å². The summed E-state index contributed by atoms with van der Waals surface area (Å²) < 4.78 is 5.88. The number of furan rings is 1. The van der Waals surface area contributed by atoms with Gasteiger partial charge in [0.25, 0.3) is 0 Å². The summed E-state index contributed by atoms with van der Waals surface area (Å²) >= 11 is 0. The van der Waals surface area contributed by atoms with Gasteiger partial charge in [-0.05, 0) is 37.9 Å². The Hall–Kier alpha value is -2.51. The maximum atomic E-state index is 12.5. The first-order chi connectivity index (χ1) is 14.0. The quantitative estimate of drug-likeness (QED) is 0.359. The lowest BCUT2D eigenvalue weighted by Gasteiger charge is -2.33. The SMILES string of the molecule is CN(C)C[C@](Cc1c[nH]c2ccccc12)(NCc1cc2ccccc2o1)C(=O)O.Cl.Cl. The molecule has 166 valence electrons. The first-order valence-corrected chi connectivity index (χ1v) is 9.62. The number of carboxylic acids is 1. The van der Waals surface area contributed by atoms with Crippen LogP contribution in [0.15, 0.2) is 65.2 Å². The van der Waals surface area contributed by atoms with Gasteiger partial charge in [0, 0.05) is 35.5 Å². The number of halogens is 2. The van der Waals surface area contributed by atoms with Crippen molar-refractivity contribution in [2.24, 2.45) is 0 Å². The monoisotopic (exact) mass is 463 g/mol. The minimum absolute atomic E-state index is 0. The number of nitrogens with one attached hydrogen (secondary N) is 2. The van der Waals surface area contributed by atoms with Gasteiger partial charge in [-0.15, -0.1) is 24.8 Å². The van der Waals surface area contributed by atoms with E-state index in [0.717, 1.165) is 33.2 Å². The number of hydrogen-bond acceptors (Lipinski definition) is 4. The number of carboxylic acid groups (broad SMARTS) is 1. The van der Waals surface area contributed by atoms with Crippen molar-refractivity contribution >= 4 is 52.7 Å². The molecule has 2 aromatic carbocycles. The van der Waals surface area contributed by atoms with Crippen LogP contribution in [-0.4, -0.2) is 47.1 Å². The highest BCUT2D eigenvalue weighted by molar-refractivity contribution is 5.86. The maximum Gasteiger partial charge on any atom is 0.325 e. The van der Waals surface area contributed by atoms with Gasteiger partial charge in [-0.2, -0.15) is 0 Å². The Morgan fingerprint density at radius 1 is 1.13 bits per heavy atom. The summed E-state index contributed by atoms with van der Waals surface area (Å²) in [5.74, 6) is -0.165. The van der Waals surface area contributed by atoms with Gasteiger partial charge in [0.15, 0.2) is 0 Å². The van der Waals surface area contributed by atoms with Crippen LogP contribution < -0.4 is 5.32 Å². The van der Waals surface area contributed by atoms with E-state index in [4.69, 9.17) is 4.42 Å². The number of aliphatic carboxylic acids is 1. The Kier molecular flexibility index (Phi) is 8.14. The Labute approximate surface area is 193 Å². The summed E-state index contributed by atoms with van der Waals surface area (Å²) in [4.78, 5) is 17.6. The molecule has 0 bridgehead atoms. The first kappa shape index (κ1) is 24.8. The fraction of sp³-hybridized carbons (Fsp3) is 0.261. The highest BCUT2D eigenvalue weighted by Crippen LogP contribution is 2.25. The average Bonchev–Trinajstić information content (AvgIpc) is 3.29.